The molecule has 2 aromatic rings. The first-order chi connectivity index (χ1) is 8.08. The zero-order valence-corrected chi connectivity index (χ0v) is 12.7. The van der Waals surface area contributed by atoms with E-state index in [1.807, 2.05) is 26.0 Å². The van der Waals surface area contributed by atoms with E-state index in [2.05, 4.69) is 46.9 Å². The van der Waals surface area contributed by atoms with Crippen molar-refractivity contribution in [1.82, 2.24) is 0 Å². The average Bonchev–Trinajstić information content (AvgIpc) is 2.78. The molecule has 0 N–H and O–H groups in total. The number of hydrogen-bond donors (Lipinski definition) is 0. The summed E-state index contributed by atoms with van der Waals surface area (Å²) in [5.74, 6) is 0.296. The first-order valence-corrected chi connectivity index (χ1v) is 7.37. The second-order valence-electron chi connectivity index (χ2n) is 4.19. The van der Waals surface area contributed by atoms with Gasteiger partial charge in [-0.05, 0) is 52.4 Å². The van der Waals surface area contributed by atoms with Crippen LogP contribution in [0.15, 0.2) is 36.4 Å². The summed E-state index contributed by atoms with van der Waals surface area (Å²) in [4.78, 5) is 13.9. The predicted octanol–water partition coefficient (Wildman–Crippen LogP) is 4.86. The molecule has 0 aliphatic carbocycles. The SMILES string of the molecule is CC(C)C(=O)c1ccc(-c2ccc(I)cc2)s1. The van der Waals surface area contributed by atoms with Crippen molar-refractivity contribution >= 4 is 39.7 Å². The number of Topliss-reactive ketones (excluding diaryl/α,β-unsaturated/α-hetero) is 1. The molecule has 0 spiro atoms. The van der Waals surface area contributed by atoms with Crippen LogP contribution in [0.4, 0.5) is 0 Å². The van der Waals surface area contributed by atoms with E-state index in [1.54, 1.807) is 11.3 Å². The molecular formula is C14H13IOS. The van der Waals surface area contributed by atoms with Gasteiger partial charge in [0.05, 0.1) is 4.88 Å². The molecule has 0 aliphatic rings. The van der Waals surface area contributed by atoms with Gasteiger partial charge < -0.3 is 0 Å². The minimum absolute atomic E-state index is 0.0678. The molecule has 1 aromatic heterocycles. The van der Waals surface area contributed by atoms with Gasteiger partial charge in [-0.25, -0.2) is 0 Å². The second-order valence-corrected chi connectivity index (χ2v) is 6.52. The van der Waals surface area contributed by atoms with Crippen molar-refractivity contribution in [3.63, 3.8) is 0 Å². The van der Waals surface area contributed by atoms with Gasteiger partial charge >= 0.3 is 0 Å². The Morgan fingerprint density at radius 2 is 1.76 bits per heavy atom. The molecule has 1 aromatic carbocycles. The van der Waals surface area contributed by atoms with Gasteiger partial charge in [-0.2, -0.15) is 0 Å². The summed E-state index contributed by atoms with van der Waals surface area (Å²) in [6.07, 6.45) is 0. The molecule has 88 valence electrons. The van der Waals surface area contributed by atoms with Crippen molar-refractivity contribution in [1.29, 1.82) is 0 Å². The number of carbonyl (C=O) groups excluding carboxylic acids is 1. The van der Waals surface area contributed by atoms with E-state index in [0.29, 0.717) is 0 Å². The molecule has 1 heterocycles. The normalized spacial score (nSPS) is 10.8. The lowest BCUT2D eigenvalue weighted by molar-refractivity contribution is 0.0943. The number of rotatable bonds is 3. The van der Waals surface area contributed by atoms with Gasteiger partial charge in [0.1, 0.15) is 0 Å². The minimum atomic E-state index is 0.0678. The summed E-state index contributed by atoms with van der Waals surface area (Å²) in [6, 6.07) is 12.3. The Balaban J connectivity index is 2.30. The third kappa shape index (κ3) is 2.96. The van der Waals surface area contributed by atoms with Crippen LogP contribution in [0.2, 0.25) is 0 Å². The number of carbonyl (C=O) groups is 1. The van der Waals surface area contributed by atoms with Gasteiger partial charge in [0, 0.05) is 14.4 Å². The van der Waals surface area contributed by atoms with Crippen LogP contribution >= 0.6 is 33.9 Å². The van der Waals surface area contributed by atoms with Crippen LogP contribution in [-0.2, 0) is 0 Å². The highest BCUT2D eigenvalue weighted by atomic mass is 127. The van der Waals surface area contributed by atoms with Crippen molar-refractivity contribution < 1.29 is 4.79 Å². The summed E-state index contributed by atoms with van der Waals surface area (Å²) in [5.41, 5.74) is 1.18. The van der Waals surface area contributed by atoms with Crippen LogP contribution in [0.25, 0.3) is 10.4 Å². The summed E-state index contributed by atoms with van der Waals surface area (Å²) < 4.78 is 1.22. The van der Waals surface area contributed by atoms with Crippen molar-refractivity contribution in [3.8, 4) is 10.4 Å². The summed E-state index contributed by atoms with van der Waals surface area (Å²) >= 11 is 3.87. The average molecular weight is 356 g/mol. The van der Waals surface area contributed by atoms with Crippen LogP contribution in [-0.4, -0.2) is 5.78 Å². The Morgan fingerprint density at radius 3 is 2.35 bits per heavy atom. The van der Waals surface area contributed by atoms with Gasteiger partial charge in [-0.15, -0.1) is 11.3 Å². The molecule has 0 unspecified atom stereocenters. The standard InChI is InChI=1S/C14H13IOS/c1-9(2)14(16)13-8-7-12(17-13)10-3-5-11(15)6-4-10/h3-9H,1-2H3. The summed E-state index contributed by atoms with van der Waals surface area (Å²) in [7, 11) is 0. The van der Waals surface area contributed by atoms with E-state index in [4.69, 9.17) is 0 Å². The number of benzene rings is 1. The molecule has 0 radical (unpaired) electrons. The fraction of sp³-hybridized carbons (Fsp3) is 0.214. The van der Waals surface area contributed by atoms with Gasteiger partial charge in [-0.1, -0.05) is 26.0 Å². The minimum Gasteiger partial charge on any atom is -0.293 e. The maximum Gasteiger partial charge on any atom is 0.175 e. The maximum absolute atomic E-state index is 11.9. The maximum atomic E-state index is 11.9. The highest BCUT2D eigenvalue weighted by Crippen LogP contribution is 2.29. The Labute approximate surface area is 119 Å². The Morgan fingerprint density at radius 1 is 1.12 bits per heavy atom. The first-order valence-electron chi connectivity index (χ1n) is 5.48. The molecule has 0 fully saturated rings. The van der Waals surface area contributed by atoms with E-state index < -0.39 is 0 Å². The first kappa shape index (κ1) is 12.8. The molecule has 17 heavy (non-hydrogen) atoms. The molecule has 0 amide bonds. The molecule has 0 atom stereocenters. The zero-order chi connectivity index (χ0) is 12.4. The quantitative estimate of drug-likeness (QED) is 0.567. The topological polar surface area (TPSA) is 17.1 Å². The largest absolute Gasteiger partial charge is 0.293 e. The third-order valence-corrected chi connectivity index (χ3v) is 4.37. The molecule has 0 saturated carbocycles. The van der Waals surface area contributed by atoms with Crippen LogP contribution < -0.4 is 0 Å². The van der Waals surface area contributed by atoms with Crippen molar-refractivity contribution in [2.45, 2.75) is 13.8 Å². The summed E-state index contributed by atoms with van der Waals surface area (Å²) in [6.45, 7) is 3.87. The lowest BCUT2D eigenvalue weighted by Crippen LogP contribution is -2.04. The monoisotopic (exact) mass is 356 g/mol. The molecular weight excluding hydrogens is 343 g/mol. The van der Waals surface area contributed by atoms with Crippen molar-refractivity contribution in [2.75, 3.05) is 0 Å². The molecule has 0 bridgehead atoms. The number of hydrogen-bond acceptors (Lipinski definition) is 2. The smallest absolute Gasteiger partial charge is 0.175 e. The number of thiophene rings is 1. The highest BCUT2D eigenvalue weighted by molar-refractivity contribution is 14.1. The van der Waals surface area contributed by atoms with Crippen LogP contribution in [0, 0.1) is 9.49 Å². The van der Waals surface area contributed by atoms with E-state index >= 15 is 0 Å². The molecule has 2 rings (SSSR count). The van der Waals surface area contributed by atoms with Gasteiger partial charge in [0.15, 0.2) is 5.78 Å². The lowest BCUT2D eigenvalue weighted by atomic mass is 10.1. The van der Waals surface area contributed by atoms with Crippen LogP contribution in [0.5, 0.6) is 0 Å². The fourth-order valence-electron chi connectivity index (χ4n) is 1.52. The second kappa shape index (κ2) is 5.31. The molecule has 0 saturated heterocycles. The van der Waals surface area contributed by atoms with E-state index in [1.165, 1.54) is 9.13 Å². The van der Waals surface area contributed by atoms with Crippen molar-refractivity contribution in [3.05, 3.63) is 44.8 Å². The van der Waals surface area contributed by atoms with Gasteiger partial charge in [-0.3, -0.25) is 4.79 Å². The van der Waals surface area contributed by atoms with E-state index in [9.17, 15) is 4.79 Å². The zero-order valence-electron chi connectivity index (χ0n) is 9.74. The predicted molar refractivity (Wildman–Crippen MR) is 81.6 cm³/mol. The van der Waals surface area contributed by atoms with Crippen LogP contribution in [0.3, 0.4) is 0 Å². The third-order valence-electron chi connectivity index (χ3n) is 2.50. The molecule has 3 heteroatoms. The van der Waals surface area contributed by atoms with Gasteiger partial charge in [0.2, 0.25) is 0 Å². The van der Waals surface area contributed by atoms with Crippen LogP contribution in [0.1, 0.15) is 23.5 Å². The lowest BCUT2D eigenvalue weighted by Gasteiger charge is -2.00. The summed E-state index contributed by atoms with van der Waals surface area (Å²) in [5, 5.41) is 0. The Bertz CT molecular complexity index is 525. The van der Waals surface area contributed by atoms with E-state index in [-0.39, 0.29) is 11.7 Å². The number of halogens is 1. The fourth-order valence-corrected chi connectivity index (χ4v) is 2.98. The van der Waals surface area contributed by atoms with Crippen molar-refractivity contribution in [2.24, 2.45) is 5.92 Å². The van der Waals surface area contributed by atoms with E-state index in [0.717, 1.165) is 9.75 Å². The highest BCUT2D eigenvalue weighted by Gasteiger charge is 2.13. The number of ketones is 1. The van der Waals surface area contributed by atoms with Gasteiger partial charge in [0.25, 0.3) is 0 Å². The Kier molecular flexibility index (Phi) is 3.99. The Hall–Kier alpha value is -0.680. The molecule has 0 aliphatic heterocycles. The molecule has 1 nitrogen and oxygen atoms in total.